The lowest BCUT2D eigenvalue weighted by Gasteiger charge is -2.18. The SMILES string of the molecule is Cc1cc([Si](C)(C)C)ccc1-c1sc2c(-c3cc(C(C)C)c4ccccc4c3)ncnc2c1C. The van der Waals surface area contributed by atoms with Gasteiger partial charge < -0.3 is 0 Å². The molecule has 3 aromatic carbocycles. The summed E-state index contributed by atoms with van der Waals surface area (Å²) in [5.74, 6) is 0.440. The number of aryl methyl sites for hydroxylation is 2. The van der Waals surface area contributed by atoms with E-state index in [1.807, 2.05) is 11.3 Å². The third kappa shape index (κ3) is 3.89. The van der Waals surface area contributed by atoms with Crippen LogP contribution in [0.15, 0.2) is 60.9 Å². The number of benzene rings is 3. The van der Waals surface area contributed by atoms with Gasteiger partial charge in [0.2, 0.25) is 0 Å². The molecule has 2 aromatic heterocycles. The van der Waals surface area contributed by atoms with Crippen LogP contribution in [0.2, 0.25) is 19.6 Å². The molecule has 5 rings (SSSR count). The molecule has 5 aromatic rings. The maximum atomic E-state index is 4.81. The van der Waals surface area contributed by atoms with Gasteiger partial charge in [-0.15, -0.1) is 11.3 Å². The van der Waals surface area contributed by atoms with E-state index in [0.29, 0.717) is 5.92 Å². The van der Waals surface area contributed by atoms with Crippen molar-refractivity contribution in [3.8, 4) is 21.7 Å². The zero-order valence-electron chi connectivity index (χ0n) is 21.2. The molecule has 0 fully saturated rings. The largest absolute Gasteiger partial charge is 0.235 e. The van der Waals surface area contributed by atoms with E-state index < -0.39 is 8.07 Å². The molecule has 0 atom stereocenters. The fraction of sp³-hybridized carbons (Fsp3) is 0.267. The molecule has 0 aliphatic carbocycles. The highest BCUT2D eigenvalue weighted by Gasteiger charge is 2.21. The van der Waals surface area contributed by atoms with Gasteiger partial charge in [-0.3, -0.25) is 0 Å². The fourth-order valence-electron chi connectivity index (χ4n) is 4.83. The van der Waals surface area contributed by atoms with E-state index in [9.17, 15) is 0 Å². The molecule has 172 valence electrons. The number of rotatable bonds is 4. The third-order valence-electron chi connectivity index (χ3n) is 6.83. The number of nitrogens with zero attached hydrogens (tertiary/aromatic N) is 2. The Hall–Kier alpha value is -2.82. The lowest BCUT2D eigenvalue weighted by Crippen LogP contribution is -2.37. The molecular weight excluding hydrogens is 448 g/mol. The Morgan fingerprint density at radius 3 is 2.35 bits per heavy atom. The predicted octanol–water partition coefficient (Wildman–Crippen LogP) is 8.46. The summed E-state index contributed by atoms with van der Waals surface area (Å²) < 4.78 is 1.17. The van der Waals surface area contributed by atoms with Crippen LogP contribution in [0.1, 0.15) is 36.5 Å². The zero-order chi connectivity index (χ0) is 24.2. The van der Waals surface area contributed by atoms with Crippen LogP contribution in [0.3, 0.4) is 0 Å². The van der Waals surface area contributed by atoms with E-state index >= 15 is 0 Å². The number of hydrogen-bond acceptors (Lipinski definition) is 3. The van der Waals surface area contributed by atoms with Crippen LogP contribution in [0, 0.1) is 13.8 Å². The zero-order valence-corrected chi connectivity index (χ0v) is 23.0. The van der Waals surface area contributed by atoms with Gasteiger partial charge in [-0.1, -0.05) is 81.1 Å². The molecule has 0 aliphatic rings. The second-order valence-corrected chi connectivity index (χ2v) is 16.8. The molecule has 34 heavy (non-hydrogen) atoms. The first-order chi connectivity index (χ1) is 16.1. The molecule has 0 amide bonds. The van der Waals surface area contributed by atoms with Gasteiger partial charge in [-0.05, 0) is 64.9 Å². The third-order valence-corrected chi connectivity index (χ3v) is 10.2. The first-order valence-corrected chi connectivity index (χ1v) is 16.4. The van der Waals surface area contributed by atoms with Gasteiger partial charge in [0, 0.05) is 10.4 Å². The molecule has 0 bridgehead atoms. The minimum absolute atomic E-state index is 0.440. The van der Waals surface area contributed by atoms with E-state index in [1.165, 1.54) is 53.4 Å². The molecule has 0 N–H and O–H groups in total. The van der Waals surface area contributed by atoms with E-state index in [2.05, 4.69) is 102 Å². The van der Waals surface area contributed by atoms with Crippen molar-refractivity contribution in [2.24, 2.45) is 0 Å². The van der Waals surface area contributed by atoms with Crippen LogP contribution in [0.4, 0.5) is 0 Å². The molecule has 2 heterocycles. The standard InChI is InChI=1S/C30H32N2SSi/c1-18(2)26-16-22(15-21-10-8-9-11-25(21)26)28-30-27(31-17-32-28)20(4)29(33-30)24-13-12-23(14-19(24)3)34(5,6)7/h8-18H,1-7H3. The van der Waals surface area contributed by atoms with E-state index in [-0.39, 0.29) is 0 Å². The maximum Gasteiger partial charge on any atom is 0.116 e. The quantitative estimate of drug-likeness (QED) is 0.241. The molecule has 0 unspecified atom stereocenters. The number of fused-ring (bicyclic) bond motifs is 2. The van der Waals surface area contributed by atoms with Gasteiger partial charge in [0.05, 0.1) is 24.0 Å². The van der Waals surface area contributed by atoms with Crippen molar-refractivity contribution >= 4 is 45.6 Å². The Kier molecular flexibility index (Phi) is 5.69. The van der Waals surface area contributed by atoms with E-state index in [1.54, 1.807) is 6.33 Å². The number of aromatic nitrogens is 2. The molecule has 0 saturated heterocycles. The average Bonchev–Trinajstić information content (AvgIpc) is 3.14. The summed E-state index contributed by atoms with van der Waals surface area (Å²) in [5.41, 5.74) is 8.55. The first kappa shape index (κ1) is 22.9. The van der Waals surface area contributed by atoms with Crippen LogP contribution >= 0.6 is 11.3 Å². The summed E-state index contributed by atoms with van der Waals surface area (Å²) >= 11 is 1.83. The maximum absolute atomic E-state index is 4.81. The minimum Gasteiger partial charge on any atom is -0.235 e. The van der Waals surface area contributed by atoms with Crippen molar-refractivity contribution in [3.63, 3.8) is 0 Å². The normalized spacial score (nSPS) is 12.2. The van der Waals surface area contributed by atoms with E-state index in [0.717, 1.165) is 11.2 Å². The topological polar surface area (TPSA) is 25.8 Å². The number of hydrogen-bond donors (Lipinski definition) is 0. The van der Waals surface area contributed by atoms with Crippen molar-refractivity contribution < 1.29 is 0 Å². The molecule has 4 heteroatoms. The summed E-state index contributed by atoms with van der Waals surface area (Å²) in [6, 6.07) is 20.3. The Labute approximate surface area is 207 Å². The predicted molar refractivity (Wildman–Crippen MR) is 152 cm³/mol. The lowest BCUT2D eigenvalue weighted by molar-refractivity contribution is 0.876. The van der Waals surface area contributed by atoms with Crippen molar-refractivity contribution in [2.45, 2.75) is 53.3 Å². The van der Waals surface area contributed by atoms with Gasteiger partial charge in [0.25, 0.3) is 0 Å². The monoisotopic (exact) mass is 480 g/mol. The molecule has 2 nitrogen and oxygen atoms in total. The van der Waals surface area contributed by atoms with Crippen LogP contribution in [-0.2, 0) is 0 Å². The van der Waals surface area contributed by atoms with Gasteiger partial charge in [0.15, 0.2) is 0 Å². The van der Waals surface area contributed by atoms with Crippen molar-refractivity contribution in [2.75, 3.05) is 0 Å². The van der Waals surface area contributed by atoms with Gasteiger partial charge >= 0.3 is 0 Å². The molecular formula is C30H32N2SSi. The Balaban J connectivity index is 1.72. The van der Waals surface area contributed by atoms with Gasteiger partial charge in [0.1, 0.15) is 6.33 Å². The average molecular weight is 481 g/mol. The summed E-state index contributed by atoms with van der Waals surface area (Å²) in [6.45, 7) is 16.2. The lowest BCUT2D eigenvalue weighted by atomic mass is 9.92. The Morgan fingerprint density at radius 1 is 0.882 bits per heavy atom. The van der Waals surface area contributed by atoms with Gasteiger partial charge in [-0.2, -0.15) is 0 Å². The van der Waals surface area contributed by atoms with Crippen LogP contribution in [0.25, 0.3) is 42.7 Å². The summed E-state index contributed by atoms with van der Waals surface area (Å²) in [5, 5.41) is 4.10. The molecule has 0 aliphatic heterocycles. The summed E-state index contributed by atoms with van der Waals surface area (Å²) in [7, 11) is -1.34. The first-order valence-electron chi connectivity index (χ1n) is 12.0. The van der Waals surface area contributed by atoms with Crippen molar-refractivity contribution in [1.29, 1.82) is 0 Å². The van der Waals surface area contributed by atoms with E-state index in [4.69, 9.17) is 9.97 Å². The highest BCUT2D eigenvalue weighted by Crippen LogP contribution is 2.42. The van der Waals surface area contributed by atoms with Crippen LogP contribution in [-0.4, -0.2) is 18.0 Å². The Bertz CT molecular complexity index is 1540. The Morgan fingerprint density at radius 2 is 1.65 bits per heavy atom. The second-order valence-electron chi connectivity index (χ2n) is 10.7. The molecule has 0 saturated carbocycles. The minimum atomic E-state index is -1.34. The second kappa shape index (κ2) is 8.44. The summed E-state index contributed by atoms with van der Waals surface area (Å²) in [6.07, 6.45) is 1.73. The van der Waals surface area contributed by atoms with Crippen LogP contribution < -0.4 is 5.19 Å². The fourth-order valence-corrected chi connectivity index (χ4v) is 7.42. The molecule has 0 radical (unpaired) electrons. The smallest absolute Gasteiger partial charge is 0.116 e. The highest BCUT2D eigenvalue weighted by molar-refractivity contribution is 7.23. The number of thiophene rings is 1. The molecule has 0 spiro atoms. The van der Waals surface area contributed by atoms with Crippen molar-refractivity contribution in [3.05, 3.63) is 77.6 Å². The summed E-state index contributed by atoms with van der Waals surface area (Å²) in [4.78, 5) is 10.8. The van der Waals surface area contributed by atoms with Crippen LogP contribution in [0.5, 0.6) is 0 Å². The highest BCUT2D eigenvalue weighted by atomic mass is 32.1. The van der Waals surface area contributed by atoms with Gasteiger partial charge in [-0.25, -0.2) is 9.97 Å². The van der Waals surface area contributed by atoms with Crippen molar-refractivity contribution in [1.82, 2.24) is 9.97 Å².